The molecule has 32 heavy (non-hydrogen) atoms. The Morgan fingerprint density at radius 2 is 1.75 bits per heavy atom. The van der Waals surface area contributed by atoms with Crippen LogP contribution in [-0.2, 0) is 6.42 Å². The molecule has 2 atom stereocenters. The van der Waals surface area contributed by atoms with Gasteiger partial charge in [-0.2, -0.15) is 0 Å². The summed E-state index contributed by atoms with van der Waals surface area (Å²) in [4.78, 5) is 41.6. The minimum absolute atomic E-state index is 0.0331. The number of rotatable bonds is 5. The van der Waals surface area contributed by atoms with Crippen LogP contribution in [-0.4, -0.2) is 62.7 Å². The predicted molar refractivity (Wildman–Crippen MR) is 120 cm³/mol. The molecule has 2 saturated heterocycles. The lowest BCUT2D eigenvalue weighted by atomic mass is 9.76. The van der Waals surface area contributed by atoms with E-state index < -0.39 is 0 Å². The molecule has 0 bridgehead atoms. The van der Waals surface area contributed by atoms with Gasteiger partial charge < -0.3 is 14.8 Å². The smallest absolute Gasteiger partial charge is 0.274 e. The van der Waals surface area contributed by atoms with Crippen molar-refractivity contribution < 1.29 is 9.59 Å². The Balaban J connectivity index is 1.37. The van der Waals surface area contributed by atoms with Crippen LogP contribution in [0.25, 0.3) is 0 Å². The molecule has 1 aromatic carbocycles. The van der Waals surface area contributed by atoms with E-state index in [1.807, 2.05) is 34.9 Å². The van der Waals surface area contributed by atoms with Crippen LogP contribution in [0.15, 0.2) is 61.1 Å². The second kappa shape index (κ2) is 8.22. The van der Waals surface area contributed by atoms with Crippen LogP contribution in [0, 0.1) is 18.3 Å². The number of aryl methyl sites for hydroxylation is 2. The number of nitrogens with one attached hydrogen (secondary N) is 1. The van der Waals surface area contributed by atoms with Crippen molar-refractivity contribution in [2.75, 3.05) is 26.2 Å². The van der Waals surface area contributed by atoms with Crippen molar-refractivity contribution in [1.82, 2.24) is 24.8 Å². The Kier molecular flexibility index (Phi) is 5.25. The Bertz CT molecular complexity index is 1100. The van der Waals surface area contributed by atoms with Gasteiger partial charge in [-0.1, -0.05) is 30.3 Å². The summed E-state index contributed by atoms with van der Waals surface area (Å²) < 4.78 is 0. The molecule has 5 rings (SSSR count). The summed E-state index contributed by atoms with van der Waals surface area (Å²) >= 11 is 0. The number of carbonyl (C=O) groups is 2. The van der Waals surface area contributed by atoms with Crippen LogP contribution >= 0.6 is 0 Å². The molecule has 0 spiro atoms. The van der Waals surface area contributed by atoms with Crippen LogP contribution < -0.4 is 0 Å². The fraction of sp³-hybridized carbons (Fsp3) is 0.360. The van der Waals surface area contributed by atoms with Gasteiger partial charge in [-0.25, -0.2) is 4.98 Å². The first-order valence-electron chi connectivity index (χ1n) is 11.1. The molecular weight excluding hydrogens is 402 g/mol. The Labute approximate surface area is 187 Å². The maximum Gasteiger partial charge on any atom is 0.274 e. The van der Waals surface area contributed by atoms with Crippen LogP contribution in [0.4, 0.5) is 0 Å². The number of nitrogens with zero attached hydrogens (tertiary/aromatic N) is 4. The Hall–Kier alpha value is -3.48. The topological polar surface area (TPSA) is 82.2 Å². The first-order chi connectivity index (χ1) is 15.5. The van der Waals surface area contributed by atoms with Crippen molar-refractivity contribution in [1.29, 1.82) is 0 Å². The monoisotopic (exact) mass is 429 g/mol. The van der Waals surface area contributed by atoms with Crippen LogP contribution in [0.2, 0.25) is 0 Å². The molecule has 2 amide bonds. The van der Waals surface area contributed by atoms with E-state index in [-0.39, 0.29) is 23.1 Å². The summed E-state index contributed by atoms with van der Waals surface area (Å²) in [5.41, 5.74) is 2.95. The van der Waals surface area contributed by atoms with Gasteiger partial charge in [0.2, 0.25) is 0 Å². The first-order valence-corrected chi connectivity index (χ1v) is 11.1. The van der Waals surface area contributed by atoms with Crippen molar-refractivity contribution in [2.24, 2.45) is 11.3 Å². The van der Waals surface area contributed by atoms with Crippen molar-refractivity contribution in [3.05, 3.63) is 83.7 Å². The second-order valence-electron chi connectivity index (χ2n) is 9.04. The molecule has 0 radical (unpaired) electrons. The van der Waals surface area contributed by atoms with Crippen molar-refractivity contribution in [3.63, 3.8) is 0 Å². The third-order valence-corrected chi connectivity index (χ3v) is 6.92. The van der Waals surface area contributed by atoms with E-state index >= 15 is 0 Å². The fourth-order valence-corrected chi connectivity index (χ4v) is 5.18. The highest BCUT2D eigenvalue weighted by Crippen LogP contribution is 2.46. The molecule has 0 aliphatic carbocycles. The molecule has 0 saturated carbocycles. The number of aromatic nitrogens is 3. The molecule has 2 aliphatic heterocycles. The number of amides is 2. The minimum atomic E-state index is -0.119. The van der Waals surface area contributed by atoms with Crippen LogP contribution in [0.1, 0.15) is 38.7 Å². The third kappa shape index (κ3) is 3.79. The highest BCUT2D eigenvalue weighted by molar-refractivity contribution is 5.93. The van der Waals surface area contributed by atoms with Crippen molar-refractivity contribution >= 4 is 11.8 Å². The van der Waals surface area contributed by atoms with E-state index in [0.717, 1.165) is 18.5 Å². The molecule has 2 aliphatic rings. The lowest BCUT2D eigenvalue weighted by Gasteiger charge is -2.29. The number of fused-ring (bicyclic) bond motifs is 1. The van der Waals surface area contributed by atoms with E-state index in [1.54, 1.807) is 18.6 Å². The highest BCUT2D eigenvalue weighted by Gasteiger charge is 2.54. The third-order valence-electron chi connectivity index (χ3n) is 6.92. The molecule has 7 nitrogen and oxygen atoms in total. The van der Waals surface area contributed by atoms with Gasteiger partial charge in [-0.3, -0.25) is 14.6 Å². The molecule has 164 valence electrons. The summed E-state index contributed by atoms with van der Waals surface area (Å²) in [6.45, 7) is 4.45. The maximum atomic E-state index is 13.1. The second-order valence-corrected chi connectivity index (χ2v) is 9.04. The summed E-state index contributed by atoms with van der Waals surface area (Å²) in [5, 5.41) is 0. The quantitative estimate of drug-likeness (QED) is 0.676. The summed E-state index contributed by atoms with van der Waals surface area (Å²) in [7, 11) is 0. The minimum Gasteiger partial charge on any atom is -0.357 e. The molecule has 4 heterocycles. The molecule has 1 N–H and O–H groups in total. The van der Waals surface area contributed by atoms with E-state index in [9.17, 15) is 9.59 Å². The fourth-order valence-electron chi connectivity index (χ4n) is 5.18. The van der Waals surface area contributed by atoms with E-state index in [1.165, 1.54) is 5.56 Å². The van der Waals surface area contributed by atoms with Gasteiger partial charge >= 0.3 is 0 Å². The van der Waals surface area contributed by atoms with E-state index in [0.29, 0.717) is 37.6 Å². The molecule has 2 fully saturated rings. The number of hydrogen-bond donors (Lipinski definition) is 1. The van der Waals surface area contributed by atoms with Gasteiger partial charge in [0.05, 0.1) is 11.9 Å². The average Bonchev–Trinajstić information content (AvgIpc) is 3.53. The number of H-pyrrole nitrogens is 1. The van der Waals surface area contributed by atoms with Gasteiger partial charge in [0.25, 0.3) is 11.8 Å². The van der Waals surface area contributed by atoms with Crippen LogP contribution in [0.3, 0.4) is 0 Å². The summed E-state index contributed by atoms with van der Waals surface area (Å²) in [5.74, 6) is 0.200. The maximum absolute atomic E-state index is 13.1. The number of aromatic amines is 1. The molecule has 3 aromatic rings. The largest absolute Gasteiger partial charge is 0.357 e. The highest BCUT2D eigenvalue weighted by atomic mass is 16.2. The number of carbonyl (C=O) groups excluding carboxylic acids is 2. The lowest BCUT2D eigenvalue weighted by molar-refractivity contribution is 0.0705. The molecular formula is C25H27N5O2. The zero-order valence-electron chi connectivity index (χ0n) is 18.2. The Morgan fingerprint density at radius 3 is 2.41 bits per heavy atom. The number of likely N-dealkylation sites (tertiary alicyclic amines) is 2. The Morgan fingerprint density at radius 1 is 1.00 bits per heavy atom. The van der Waals surface area contributed by atoms with Gasteiger partial charge in [0, 0.05) is 49.9 Å². The SMILES string of the molecule is Cc1cnc(C(=O)N2C[C@H]3CN(C(=O)c4ccc[nH]4)C[C@@]3(CCc3ccccc3)C2)cn1. The standard InChI is InChI=1S/C25H27N5O2/c1-18-12-28-22(13-27-18)24(32)30-15-20-14-29(23(31)21-8-5-11-26-21)16-25(20,17-30)10-9-19-6-3-2-4-7-19/h2-8,11-13,20,26H,9-10,14-17H2,1H3/t20-,25+/m1/s1. The first kappa shape index (κ1) is 20.4. The van der Waals surface area contributed by atoms with Crippen molar-refractivity contribution in [3.8, 4) is 0 Å². The van der Waals surface area contributed by atoms with Crippen LogP contribution in [0.5, 0.6) is 0 Å². The van der Waals surface area contributed by atoms with E-state index in [2.05, 4.69) is 39.2 Å². The van der Waals surface area contributed by atoms with Gasteiger partial charge in [-0.05, 0) is 37.5 Å². The molecule has 7 heteroatoms. The van der Waals surface area contributed by atoms with Crippen molar-refractivity contribution in [2.45, 2.75) is 19.8 Å². The molecule has 0 unspecified atom stereocenters. The van der Waals surface area contributed by atoms with Gasteiger partial charge in [0.1, 0.15) is 11.4 Å². The molecule has 2 aromatic heterocycles. The number of hydrogen-bond acceptors (Lipinski definition) is 4. The summed E-state index contributed by atoms with van der Waals surface area (Å²) in [6.07, 6.45) is 6.82. The van der Waals surface area contributed by atoms with Gasteiger partial charge in [0.15, 0.2) is 0 Å². The van der Waals surface area contributed by atoms with Gasteiger partial charge in [-0.15, -0.1) is 0 Å². The van der Waals surface area contributed by atoms with E-state index in [4.69, 9.17) is 0 Å². The average molecular weight is 430 g/mol. The zero-order chi connectivity index (χ0) is 22.1. The zero-order valence-corrected chi connectivity index (χ0v) is 18.2. The lowest BCUT2D eigenvalue weighted by Crippen LogP contribution is -2.39. The normalized spacial score (nSPS) is 22.2. The number of benzene rings is 1. The summed E-state index contributed by atoms with van der Waals surface area (Å²) in [6, 6.07) is 14.1. The predicted octanol–water partition coefficient (Wildman–Crippen LogP) is 2.96.